The molecular weight excluding hydrogens is 287 g/mol. The van der Waals surface area contributed by atoms with Crippen LogP contribution in [0.4, 0.5) is 0 Å². The van der Waals surface area contributed by atoms with E-state index in [-0.39, 0.29) is 6.61 Å². The van der Waals surface area contributed by atoms with Gasteiger partial charge < -0.3 is 5.11 Å². The molecule has 2 aromatic carbocycles. The van der Waals surface area contributed by atoms with E-state index in [1.165, 1.54) is 0 Å². The van der Waals surface area contributed by atoms with Crippen molar-refractivity contribution in [1.82, 2.24) is 0 Å². The molecule has 0 aliphatic carbocycles. The first-order valence-corrected chi connectivity index (χ1v) is 7.20. The topological polar surface area (TPSA) is 20.2 Å². The van der Waals surface area contributed by atoms with Gasteiger partial charge in [-0.3, -0.25) is 0 Å². The molecular formula is C14H12Cl2OS. The van der Waals surface area contributed by atoms with Crippen molar-refractivity contribution in [1.29, 1.82) is 0 Å². The summed E-state index contributed by atoms with van der Waals surface area (Å²) in [7, 11) is 0. The van der Waals surface area contributed by atoms with Gasteiger partial charge in [-0.2, -0.15) is 0 Å². The van der Waals surface area contributed by atoms with Crippen LogP contribution in [0.15, 0.2) is 47.4 Å². The van der Waals surface area contributed by atoms with Crippen molar-refractivity contribution >= 4 is 35.0 Å². The Labute approximate surface area is 121 Å². The molecule has 0 heterocycles. The molecule has 0 saturated heterocycles. The minimum absolute atomic E-state index is 0.0618. The smallest absolute Gasteiger partial charge is 0.0682 e. The standard InChI is InChI=1S/C14H12Cl2OS/c15-13-6-2-4-11(14(13)16)9-18-12-5-1-3-10(7-12)8-17/h1-7,17H,8-9H2. The van der Waals surface area contributed by atoms with Crippen molar-refractivity contribution in [3.8, 4) is 0 Å². The van der Waals surface area contributed by atoms with E-state index in [1.807, 2.05) is 36.4 Å². The zero-order valence-corrected chi connectivity index (χ0v) is 11.9. The molecule has 1 nitrogen and oxygen atoms in total. The van der Waals surface area contributed by atoms with Crippen LogP contribution in [0.25, 0.3) is 0 Å². The highest BCUT2D eigenvalue weighted by Crippen LogP contribution is 2.31. The second-order valence-corrected chi connectivity index (χ2v) is 5.64. The summed E-state index contributed by atoms with van der Waals surface area (Å²) < 4.78 is 0. The van der Waals surface area contributed by atoms with Gasteiger partial charge in [0.05, 0.1) is 16.7 Å². The maximum atomic E-state index is 9.08. The van der Waals surface area contributed by atoms with Gasteiger partial charge in [-0.25, -0.2) is 0 Å². The lowest BCUT2D eigenvalue weighted by Gasteiger charge is -2.06. The maximum absolute atomic E-state index is 9.08. The maximum Gasteiger partial charge on any atom is 0.0682 e. The lowest BCUT2D eigenvalue weighted by molar-refractivity contribution is 0.281. The van der Waals surface area contributed by atoms with Crippen molar-refractivity contribution in [3.63, 3.8) is 0 Å². The van der Waals surface area contributed by atoms with Gasteiger partial charge >= 0.3 is 0 Å². The molecule has 18 heavy (non-hydrogen) atoms. The van der Waals surface area contributed by atoms with Gasteiger partial charge in [-0.15, -0.1) is 11.8 Å². The second kappa shape index (κ2) is 6.48. The first-order chi connectivity index (χ1) is 8.70. The van der Waals surface area contributed by atoms with Crippen LogP contribution in [0.5, 0.6) is 0 Å². The number of hydrogen-bond acceptors (Lipinski definition) is 2. The average molecular weight is 299 g/mol. The second-order valence-electron chi connectivity index (χ2n) is 3.81. The van der Waals surface area contributed by atoms with Crippen LogP contribution < -0.4 is 0 Å². The number of benzene rings is 2. The molecule has 0 aliphatic rings. The highest BCUT2D eigenvalue weighted by atomic mass is 35.5. The van der Waals surface area contributed by atoms with Crippen LogP contribution >= 0.6 is 35.0 Å². The van der Waals surface area contributed by atoms with Gasteiger partial charge in [0.1, 0.15) is 0 Å². The van der Waals surface area contributed by atoms with Crippen LogP contribution in [0, 0.1) is 0 Å². The van der Waals surface area contributed by atoms with Crippen LogP contribution in [-0.4, -0.2) is 5.11 Å². The minimum Gasteiger partial charge on any atom is -0.392 e. The first-order valence-electron chi connectivity index (χ1n) is 5.46. The monoisotopic (exact) mass is 298 g/mol. The van der Waals surface area contributed by atoms with Gasteiger partial charge in [-0.05, 0) is 29.3 Å². The highest BCUT2D eigenvalue weighted by Gasteiger charge is 2.05. The summed E-state index contributed by atoms with van der Waals surface area (Å²) in [4.78, 5) is 1.11. The summed E-state index contributed by atoms with van der Waals surface area (Å²) in [5.74, 6) is 0.758. The van der Waals surface area contributed by atoms with Gasteiger partial charge in [0.2, 0.25) is 0 Å². The van der Waals surface area contributed by atoms with E-state index in [4.69, 9.17) is 28.3 Å². The molecule has 4 heteroatoms. The number of aliphatic hydroxyl groups excluding tert-OH is 1. The summed E-state index contributed by atoms with van der Waals surface area (Å²) in [5, 5.41) is 10.3. The van der Waals surface area contributed by atoms with E-state index in [1.54, 1.807) is 17.8 Å². The molecule has 0 unspecified atom stereocenters. The van der Waals surface area contributed by atoms with E-state index in [0.29, 0.717) is 10.0 Å². The quantitative estimate of drug-likeness (QED) is 0.820. The third-order valence-corrected chi connectivity index (χ3v) is 4.41. The Balaban J connectivity index is 2.09. The summed E-state index contributed by atoms with van der Waals surface area (Å²) in [6, 6.07) is 13.5. The van der Waals surface area contributed by atoms with E-state index in [0.717, 1.165) is 21.8 Å². The lowest BCUT2D eigenvalue weighted by Crippen LogP contribution is -1.85. The third kappa shape index (κ3) is 3.42. The van der Waals surface area contributed by atoms with Crippen LogP contribution in [-0.2, 0) is 12.4 Å². The average Bonchev–Trinajstić information content (AvgIpc) is 2.41. The molecule has 1 N–H and O–H groups in total. The van der Waals surface area contributed by atoms with Crippen molar-refractivity contribution in [2.75, 3.05) is 0 Å². The fraction of sp³-hybridized carbons (Fsp3) is 0.143. The molecule has 0 aromatic heterocycles. The Hall–Kier alpha value is -0.670. The van der Waals surface area contributed by atoms with Crippen molar-refractivity contribution in [2.24, 2.45) is 0 Å². The van der Waals surface area contributed by atoms with Gasteiger partial charge in [0, 0.05) is 10.6 Å². The van der Waals surface area contributed by atoms with Crippen LogP contribution in [0.1, 0.15) is 11.1 Å². The Morgan fingerprint density at radius 3 is 2.61 bits per heavy atom. The normalized spacial score (nSPS) is 10.6. The number of thioether (sulfide) groups is 1. The Morgan fingerprint density at radius 1 is 1.06 bits per heavy atom. The number of aliphatic hydroxyl groups is 1. The zero-order chi connectivity index (χ0) is 13.0. The largest absolute Gasteiger partial charge is 0.392 e. The van der Waals surface area contributed by atoms with Gasteiger partial charge in [0.15, 0.2) is 0 Å². The predicted molar refractivity (Wildman–Crippen MR) is 78.4 cm³/mol. The van der Waals surface area contributed by atoms with Gasteiger partial charge in [-0.1, -0.05) is 47.5 Å². The zero-order valence-electron chi connectivity index (χ0n) is 9.57. The molecule has 94 valence electrons. The number of halogens is 2. The molecule has 2 aromatic rings. The van der Waals surface area contributed by atoms with E-state index in [2.05, 4.69) is 0 Å². The van der Waals surface area contributed by atoms with E-state index in [9.17, 15) is 0 Å². The predicted octanol–water partition coefficient (Wildman–Crippen LogP) is 4.78. The first kappa shape index (κ1) is 13.8. The molecule has 0 fully saturated rings. The summed E-state index contributed by atoms with van der Waals surface area (Å²) in [6.45, 7) is 0.0618. The molecule has 0 atom stereocenters. The van der Waals surface area contributed by atoms with Crippen molar-refractivity contribution in [2.45, 2.75) is 17.3 Å². The Morgan fingerprint density at radius 2 is 1.83 bits per heavy atom. The number of hydrogen-bond donors (Lipinski definition) is 1. The summed E-state index contributed by atoms with van der Waals surface area (Å²) >= 11 is 13.8. The minimum atomic E-state index is 0.0618. The molecule has 0 aliphatic heterocycles. The molecule has 0 spiro atoms. The summed E-state index contributed by atoms with van der Waals surface area (Å²) in [5.41, 5.74) is 1.93. The fourth-order valence-electron chi connectivity index (χ4n) is 1.55. The highest BCUT2D eigenvalue weighted by molar-refractivity contribution is 7.98. The van der Waals surface area contributed by atoms with E-state index >= 15 is 0 Å². The molecule has 0 saturated carbocycles. The van der Waals surface area contributed by atoms with Crippen molar-refractivity contribution in [3.05, 3.63) is 63.6 Å². The van der Waals surface area contributed by atoms with Crippen LogP contribution in [0.2, 0.25) is 10.0 Å². The SMILES string of the molecule is OCc1cccc(SCc2cccc(Cl)c2Cl)c1. The number of rotatable bonds is 4. The molecule has 0 amide bonds. The fourth-order valence-corrected chi connectivity index (χ4v) is 2.99. The van der Waals surface area contributed by atoms with Gasteiger partial charge in [0.25, 0.3) is 0 Å². The molecule has 2 rings (SSSR count). The van der Waals surface area contributed by atoms with E-state index < -0.39 is 0 Å². The Bertz CT molecular complexity index is 543. The third-order valence-electron chi connectivity index (χ3n) is 2.51. The van der Waals surface area contributed by atoms with Crippen LogP contribution in [0.3, 0.4) is 0 Å². The van der Waals surface area contributed by atoms with Crippen molar-refractivity contribution < 1.29 is 5.11 Å². The molecule has 0 radical (unpaired) electrons. The summed E-state index contributed by atoms with van der Waals surface area (Å²) in [6.07, 6.45) is 0. The lowest BCUT2D eigenvalue weighted by atomic mass is 10.2. The molecule has 0 bridgehead atoms. The Kier molecular flexibility index (Phi) is 4.95.